The van der Waals surface area contributed by atoms with Gasteiger partial charge in [-0.25, -0.2) is 0 Å². The zero-order valence-corrected chi connectivity index (χ0v) is 8.81. The molecule has 1 N–H and O–H groups in total. The van der Waals surface area contributed by atoms with Crippen LogP contribution in [0, 0.1) is 5.41 Å². The second kappa shape index (κ2) is 4.10. The summed E-state index contributed by atoms with van der Waals surface area (Å²) < 4.78 is 0. The molecule has 0 aromatic carbocycles. The van der Waals surface area contributed by atoms with E-state index in [1.165, 1.54) is 0 Å². The second-order valence-corrected chi connectivity index (χ2v) is 4.39. The van der Waals surface area contributed by atoms with Crippen molar-refractivity contribution in [3.63, 3.8) is 0 Å². The van der Waals surface area contributed by atoms with Gasteiger partial charge in [0, 0.05) is 4.83 Å². The lowest BCUT2D eigenvalue weighted by Crippen LogP contribution is -2.33. The molecule has 0 aliphatic rings. The summed E-state index contributed by atoms with van der Waals surface area (Å²) in [5.41, 5.74) is -0.657. The number of hydrogen-bond donors (Lipinski definition) is 1. The fourth-order valence-electron chi connectivity index (χ4n) is 0.748. The molecule has 0 heterocycles. The van der Waals surface area contributed by atoms with Crippen molar-refractivity contribution in [1.29, 1.82) is 0 Å². The molecule has 2 nitrogen and oxygen atoms in total. The minimum Gasteiger partial charge on any atom is -0.481 e. The van der Waals surface area contributed by atoms with Gasteiger partial charge in [-0.1, -0.05) is 29.3 Å². The number of carboxylic acids is 1. The largest absolute Gasteiger partial charge is 0.481 e. The van der Waals surface area contributed by atoms with E-state index in [4.69, 9.17) is 5.11 Å². The summed E-state index contributed by atoms with van der Waals surface area (Å²) >= 11 is 3.38. The quantitative estimate of drug-likeness (QED) is 0.744. The standard InChI is InChI=1S/C8H15BrO2/c1-4-5-6(9)8(2,3)7(10)11/h6H,4-5H2,1-3H3,(H,10,11). The molecule has 0 aliphatic carbocycles. The van der Waals surface area contributed by atoms with E-state index in [9.17, 15) is 4.79 Å². The molecule has 0 saturated carbocycles. The Morgan fingerprint density at radius 2 is 2.09 bits per heavy atom. The number of hydrogen-bond acceptors (Lipinski definition) is 1. The summed E-state index contributed by atoms with van der Waals surface area (Å²) in [6, 6.07) is 0. The molecule has 0 spiro atoms. The van der Waals surface area contributed by atoms with E-state index in [0.717, 1.165) is 12.8 Å². The first-order valence-corrected chi connectivity index (χ1v) is 4.72. The molecule has 0 rings (SSSR count). The van der Waals surface area contributed by atoms with Gasteiger partial charge in [0.1, 0.15) is 0 Å². The van der Waals surface area contributed by atoms with Crippen molar-refractivity contribution in [2.45, 2.75) is 38.4 Å². The molecule has 0 amide bonds. The molecule has 3 heteroatoms. The Bertz CT molecular complexity index is 143. The highest BCUT2D eigenvalue weighted by Crippen LogP contribution is 2.30. The van der Waals surface area contributed by atoms with E-state index in [0.29, 0.717) is 0 Å². The summed E-state index contributed by atoms with van der Waals surface area (Å²) in [6.07, 6.45) is 1.91. The third-order valence-electron chi connectivity index (χ3n) is 1.88. The van der Waals surface area contributed by atoms with Crippen molar-refractivity contribution < 1.29 is 9.90 Å². The second-order valence-electron chi connectivity index (χ2n) is 3.28. The van der Waals surface area contributed by atoms with Crippen LogP contribution in [0.15, 0.2) is 0 Å². The van der Waals surface area contributed by atoms with Gasteiger partial charge in [-0.15, -0.1) is 0 Å². The molecule has 0 aliphatic heterocycles. The molecule has 0 bridgehead atoms. The lowest BCUT2D eigenvalue weighted by atomic mass is 9.87. The average Bonchev–Trinajstić information content (AvgIpc) is 1.88. The Hall–Kier alpha value is -0.0500. The summed E-state index contributed by atoms with van der Waals surface area (Å²) in [4.78, 5) is 10.8. The van der Waals surface area contributed by atoms with Crippen LogP contribution < -0.4 is 0 Å². The Balaban J connectivity index is 4.17. The number of alkyl halides is 1. The van der Waals surface area contributed by atoms with Crippen molar-refractivity contribution in [1.82, 2.24) is 0 Å². The van der Waals surface area contributed by atoms with Gasteiger partial charge in [-0.2, -0.15) is 0 Å². The highest BCUT2D eigenvalue weighted by molar-refractivity contribution is 9.09. The summed E-state index contributed by atoms with van der Waals surface area (Å²) in [5.74, 6) is -0.743. The van der Waals surface area contributed by atoms with Gasteiger partial charge < -0.3 is 5.11 Å². The van der Waals surface area contributed by atoms with Crippen LogP contribution in [0.25, 0.3) is 0 Å². The van der Waals surface area contributed by atoms with Crippen LogP contribution in [0.4, 0.5) is 0 Å². The Labute approximate surface area is 76.1 Å². The van der Waals surface area contributed by atoms with E-state index in [1.54, 1.807) is 13.8 Å². The number of halogens is 1. The van der Waals surface area contributed by atoms with Crippen molar-refractivity contribution >= 4 is 21.9 Å². The normalized spacial score (nSPS) is 14.5. The Kier molecular flexibility index (Phi) is 4.08. The average molecular weight is 223 g/mol. The van der Waals surface area contributed by atoms with Crippen LogP contribution in [0.2, 0.25) is 0 Å². The molecule has 1 unspecified atom stereocenters. The van der Waals surface area contributed by atoms with Crippen molar-refractivity contribution in [2.75, 3.05) is 0 Å². The SMILES string of the molecule is CCCC(Br)C(C)(C)C(=O)O. The number of carboxylic acid groups (broad SMARTS) is 1. The fourth-order valence-corrected chi connectivity index (χ4v) is 1.40. The first-order valence-electron chi connectivity index (χ1n) is 3.80. The number of carbonyl (C=O) groups is 1. The number of aliphatic carboxylic acids is 1. The lowest BCUT2D eigenvalue weighted by Gasteiger charge is -2.24. The highest BCUT2D eigenvalue weighted by atomic mass is 79.9. The maximum absolute atomic E-state index is 10.7. The smallest absolute Gasteiger partial charge is 0.310 e. The highest BCUT2D eigenvalue weighted by Gasteiger charge is 2.34. The minimum atomic E-state index is -0.743. The van der Waals surface area contributed by atoms with Gasteiger partial charge in [0.15, 0.2) is 0 Å². The van der Waals surface area contributed by atoms with Crippen LogP contribution >= 0.6 is 15.9 Å². The van der Waals surface area contributed by atoms with Crippen LogP contribution in [0.1, 0.15) is 33.6 Å². The van der Waals surface area contributed by atoms with Gasteiger partial charge >= 0.3 is 5.97 Å². The van der Waals surface area contributed by atoms with Gasteiger partial charge in [-0.3, -0.25) is 4.79 Å². The van der Waals surface area contributed by atoms with E-state index in [1.807, 2.05) is 6.92 Å². The van der Waals surface area contributed by atoms with E-state index >= 15 is 0 Å². The molecule has 11 heavy (non-hydrogen) atoms. The monoisotopic (exact) mass is 222 g/mol. The molecule has 0 fully saturated rings. The first kappa shape index (κ1) is 11.0. The summed E-state index contributed by atoms with van der Waals surface area (Å²) in [6.45, 7) is 5.53. The van der Waals surface area contributed by atoms with E-state index in [-0.39, 0.29) is 4.83 Å². The molecule has 0 radical (unpaired) electrons. The van der Waals surface area contributed by atoms with E-state index < -0.39 is 11.4 Å². The topological polar surface area (TPSA) is 37.3 Å². The predicted molar refractivity (Wildman–Crippen MR) is 49.0 cm³/mol. The molecule has 0 aromatic heterocycles. The van der Waals surface area contributed by atoms with E-state index in [2.05, 4.69) is 15.9 Å². The third-order valence-corrected chi connectivity index (χ3v) is 3.48. The lowest BCUT2D eigenvalue weighted by molar-refractivity contribution is -0.146. The molecule has 0 saturated heterocycles. The van der Waals surface area contributed by atoms with Gasteiger partial charge in [0.25, 0.3) is 0 Å². The van der Waals surface area contributed by atoms with Gasteiger partial charge in [0.05, 0.1) is 5.41 Å². The Morgan fingerprint density at radius 3 is 2.36 bits per heavy atom. The van der Waals surface area contributed by atoms with Gasteiger partial charge in [-0.05, 0) is 20.3 Å². The molecule has 0 aromatic rings. The summed E-state index contributed by atoms with van der Waals surface area (Å²) in [5, 5.41) is 8.81. The maximum Gasteiger partial charge on any atom is 0.310 e. The van der Waals surface area contributed by atoms with Crippen molar-refractivity contribution in [3.8, 4) is 0 Å². The molecule has 1 atom stereocenters. The molecular formula is C8H15BrO2. The van der Waals surface area contributed by atoms with Crippen molar-refractivity contribution in [3.05, 3.63) is 0 Å². The van der Waals surface area contributed by atoms with Crippen molar-refractivity contribution in [2.24, 2.45) is 5.41 Å². The molecular weight excluding hydrogens is 208 g/mol. The third kappa shape index (κ3) is 2.81. The summed E-state index contributed by atoms with van der Waals surface area (Å²) in [7, 11) is 0. The number of rotatable bonds is 4. The van der Waals surface area contributed by atoms with Gasteiger partial charge in [0.2, 0.25) is 0 Å². The fraction of sp³-hybridized carbons (Fsp3) is 0.875. The van der Waals surface area contributed by atoms with Crippen LogP contribution in [0.3, 0.4) is 0 Å². The predicted octanol–water partition coefficient (Wildman–Crippen LogP) is 2.66. The maximum atomic E-state index is 10.7. The van der Waals surface area contributed by atoms with Crippen LogP contribution in [-0.4, -0.2) is 15.9 Å². The Morgan fingerprint density at radius 1 is 1.64 bits per heavy atom. The first-order chi connectivity index (χ1) is 4.92. The van der Waals surface area contributed by atoms with Crippen LogP contribution in [-0.2, 0) is 4.79 Å². The zero-order valence-electron chi connectivity index (χ0n) is 7.22. The molecule has 66 valence electrons. The zero-order chi connectivity index (χ0) is 9.07. The minimum absolute atomic E-state index is 0.0671. The van der Waals surface area contributed by atoms with Crippen LogP contribution in [0.5, 0.6) is 0 Å².